The van der Waals surface area contributed by atoms with E-state index in [2.05, 4.69) is 36.4 Å². The smallest absolute Gasteiger partial charge is 0.255 e. The van der Waals surface area contributed by atoms with Gasteiger partial charge in [0.15, 0.2) is 5.16 Å². The van der Waals surface area contributed by atoms with Crippen LogP contribution in [0.2, 0.25) is 0 Å². The van der Waals surface area contributed by atoms with Crippen LogP contribution in [0.4, 0.5) is 0 Å². The van der Waals surface area contributed by atoms with Crippen molar-refractivity contribution in [1.29, 1.82) is 0 Å². The molecular weight excluding hydrogens is 376 g/mol. The number of nitrogens with zero attached hydrogens (tertiary/aromatic N) is 2. The van der Waals surface area contributed by atoms with Crippen LogP contribution in [0.25, 0.3) is 0 Å². The van der Waals surface area contributed by atoms with Gasteiger partial charge in [0, 0.05) is 17.5 Å². The van der Waals surface area contributed by atoms with Gasteiger partial charge in [-0.1, -0.05) is 103 Å². The van der Waals surface area contributed by atoms with Gasteiger partial charge >= 0.3 is 0 Å². The molecule has 3 nitrogen and oxygen atoms in total. The number of hydrogen-bond acceptors (Lipinski definition) is 3. The second-order valence-corrected chi connectivity index (χ2v) is 7.83. The average molecular weight is 399 g/mol. The Morgan fingerprint density at radius 3 is 1.90 bits per heavy atom. The highest BCUT2D eigenvalue weighted by molar-refractivity contribution is 7.98. The van der Waals surface area contributed by atoms with Crippen molar-refractivity contribution in [3.8, 4) is 0 Å². The molecule has 0 saturated carbocycles. The van der Waals surface area contributed by atoms with Crippen molar-refractivity contribution in [2.24, 2.45) is 0 Å². The first-order valence-electron chi connectivity index (χ1n) is 9.59. The molecule has 4 rings (SSSR count). The number of rotatable bonds is 6. The van der Waals surface area contributed by atoms with Crippen molar-refractivity contribution in [3.05, 3.63) is 130 Å². The minimum atomic E-state index is -0.226. The molecule has 0 aliphatic heterocycles. The second-order valence-electron chi connectivity index (χ2n) is 6.89. The summed E-state index contributed by atoms with van der Waals surface area (Å²) in [6.07, 6.45) is 0. The molecule has 0 spiro atoms. The van der Waals surface area contributed by atoms with E-state index in [1.165, 1.54) is 5.56 Å². The maximum atomic E-state index is 13.2. The van der Waals surface area contributed by atoms with Crippen molar-refractivity contribution >= 4 is 11.8 Å². The minimum Gasteiger partial charge on any atom is -0.276 e. The Hall–Kier alpha value is -3.11. The van der Waals surface area contributed by atoms with Crippen molar-refractivity contribution in [2.75, 3.05) is 0 Å². The highest BCUT2D eigenvalue weighted by atomic mass is 32.2. The van der Waals surface area contributed by atoms with Crippen LogP contribution in [-0.2, 0) is 5.75 Å². The van der Waals surface area contributed by atoms with E-state index in [0.717, 1.165) is 27.7 Å². The fraction of sp³-hybridized carbons (Fsp3) is 0.120. The summed E-state index contributed by atoms with van der Waals surface area (Å²) in [6, 6.07) is 31.9. The molecule has 4 aromatic rings. The molecule has 3 aromatic carbocycles. The SMILES string of the molecule is Cc1cc(=O)n(C(c2ccccc2)c2ccccc2)c(SCc2ccccc2)n1. The van der Waals surface area contributed by atoms with Gasteiger partial charge < -0.3 is 0 Å². The van der Waals surface area contributed by atoms with Crippen LogP contribution >= 0.6 is 11.8 Å². The molecule has 29 heavy (non-hydrogen) atoms. The Bertz CT molecular complexity index is 1090. The van der Waals surface area contributed by atoms with Crippen molar-refractivity contribution in [2.45, 2.75) is 23.9 Å². The summed E-state index contributed by atoms with van der Waals surface area (Å²) in [5.74, 6) is 0.757. The van der Waals surface area contributed by atoms with E-state index in [4.69, 9.17) is 4.98 Å². The molecule has 0 fully saturated rings. The lowest BCUT2D eigenvalue weighted by Gasteiger charge is -2.23. The van der Waals surface area contributed by atoms with Crippen LogP contribution in [-0.4, -0.2) is 9.55 Å². The summed E-state index contributed by atoms with van der Waals surface area (Å²) in [5.41, 5.74) is 4.03. The Balaban J connectivity index is 1.83. The third-order valence-corrected chi connectivity index (χ3v) is 5.77. The van der Waals surface area contributed by atoms with Crippen LogP contribution in [0.5, 0.6) is 0 Å². The Labute approximate surface area is 175 Å². The predicted molar refractivity (Wildman–Crippen MR) is 119 cm³/mol. The number of aromatic nitrogens is 2. The molecule has 144 valence electrons. The molecule has 0 aliphatic carbocycles. The van der Waals surface area contributed by atoms with E-state index in [0.29, 0.717) is 0 Å². The third kappa shape index (κ3) is 4.49. The van der Waals surface area contributed by atoms with Gasteiger partial charge in [-0.25, -0.2) is 4.98 Å². The van der Waals surface area contributed by atoms with Gasteiger partial charge in [-0.3, -0.25) is 9.36 Å². The Morgan fingerprint density at radius 1 is 0.828 bits per heavy atom. The van der Waals surface area contributed by atoms with E-state index in [1.54, 1.807) is 17.8 Å². The number of thioether (sulfide) groups is 1. The van der Waals surface area contributed by atoms with Gasteiger partial charge in [0.05, 0.1) is 6.04 Å². The first-order valence-corrected chi connectivity index (χ1v) is 10.6. The monoisotopic (exact) mass is 398 g/mol. The van der Waals surface area contributed by atoms with Crippen LogP contribution in [0.3, 0.4) is 0 Å². The normalized spacial score (nSPS) is 11.0. The zero-order valence-electron chi connectivity index (χ0n) is 16.2. The number of hydrogen-bond donors (Lipinski definition) is 0. The largest absolute Gasteiger partial charge is 0.276 e. The van der Waals surface area contributed by atoms with Crippen molar-refractivity contribution in [1.82, 2.24) is 9.55 Å². The molecule has 1 heterocycles. The molecule has 0 unspecified atom stereocenters. The quantitative estimate of drug-likeness (QED) is 0.319. The van der Waals surface area contributed by atoms with E-state index in [1.807, 2.05) is 66.1 Å². The summed E-state index contributed by atoms with van der Waals surface area (Å²) in [7, 11) is 0. The van der Waals surface area contributed by atoms with Gasteiger partial charge in [-0.05, 0) is 23.6 Å². The van der Waals surface area contributed by atoms with Crippen LogP contribution in [0.1, 0.15) is 28.4 Å². The van der Waals surface area contributed by atoms with Crippen LogP contribution < -0.4 is 5.56 Å². The first-order chi connectivity index (χ1) is 14.2. The fourth-order valence-corrected chi connectivity index (χ4v) is 4.43. The van der Waals surface area contributed by atoms with Gasteiger partial charge in [0.2, 0.25) is 0 Å². The summed E-state index contributed by atoms with van der Waals surface area (Å²) < 4.78 is 1.82. The molecule has 0 radical (unpaired) electrons. The van der Waals surface area contributed by atoms with Crippen LogP contribution in [0, 0.1) is 6.92 Å². The molecule has 0 bridgehead atoms. The Kier molecular flexibility index (Phi) is 5.92. The molecule has 4 heteroatoms. The van der Waals surface area contributed by atoms with E-state index in [-0.39, 0.29) is 11.6 Å². The molecule has 1 aromatic heterocycles. The lowest BCUT2D eigenvalue weighted by Crippen LogP contribution is -2.28. The maximum Gasteiger partial charge on any atom is 0.255 e. The number of aryl methyl sites for hydroxylation is 1. The number of benzene rings is 3. The summed E-state index contributed by atoms with van der Waals surface area (Å²) >= 11 is 1.60. The van der Waals surface area contributed by atoms with E-state index >= 15 is 0 Å². The van der Waals surface area contributed by atoms with E-state index in [9.17, 15) is 4.79 Å². The fourth-order valence-electron chi connectivity index (χ4n) is 3.40. The molecular formula is C25H22N2OS. The lowest BCUT2D eigenvalue weighted by molar-refractivity contribution is 0.564. The highest BCUT2D eigenvalue weighted by Crippen LogP contribution is 2.30. The lowest BCUT2D eigenvalue weighted by atomic mass is 9.98. The zero-order chi connectivity index (χ0) is 20.1. The van der Waals surface area contributed by atoms with Gasteiger partial charge in [0.25, 0.3) is 5.56 Å². The standard InChI is InChI=1S/C25H22N2OS/c1-19-17-23(28)27(25(26-19)29-18-20-11-5-2-6-12-20)24(21-13-7-3-8-14-21)22-15-9-4-10-16-22/h2-17,24H,18H2,1H3. The first kappa shape index (κ1) is 19.2. The van der Waals surface area contributed by atoms with Gasteiger partial charge in [-0.2, -0.15) is 0 Å². The maximum absolute atomic E-state index is 13.2. The highest BCUT2D eigenvalue weighted by Gasteiger charge is 2.21. The van der Waals surface area contributed by atoms with Crippen molar-refractivity contribution < 1.29 is 0 Å². The molecule has 0 N–H and O–H groups in total. The van der Waals surface area contributed by atoms with Crippen molar-refractivity contribution in [3.63, 3.8) is 0 Å². The zero-order valence-corrected chi connectivity index (χ0v) is 17.0. The summed E-state index contributed by atoms with van der Waals surface area (Å²) in [6.45, 7) is 1.87. The van der Waals surface area contributed by atoms with Crippen LogP contribution in [0.15, 0.2) is 107 Å². The molecule has 0 atom stereocenters. The molecule has 0 amide bonds. The van der Waals surface area contributed by atoms with E-state index < -0.39 is 0 Å². The van der Waals surface area contributed by atoms with Gasteiger partial charge in [-0.15, -0.1) is 0 Å². The molecule has 0 saturated heterocycles. The van der Waals surface area contributed by atoms with Gasteiger partial charge in [0.1, 0.15) is 0 Å². The Morgan fingerprint density at radius 2 is 1.34 bits per heavy atom. The summed E-state index contributed by atoms with van der Waals surface area (Å²) in [4.78, 5) is 17.9. The summed E-state index contributed by atoms with van der Waals surface area (Å²) in [5, 5.41) is 0.733. The topological polar surface area (TPSA) is 34.9 Å². The predicted octanol–water partition coefficient (Wildman–Crippen LogP) is 5.48. The average Bonchev–Trinajstić information content (AvgIpc) is 2.76. The minimum absolute atomic E-state index is 0.0363. The molecule has 0 aliphatic rings. The third-order valence-electron chi connectivity index (χ3n) is 4.75. The second kappa shape index (κ2) is 8.93.